The van der Waals surface area contributed by atoms with Crippen molar-refractivity contribution in [3.8, 4) is 0 Å². The quantitative estimate of drug-likeness (QED) is 0.185. The van der Waals surface area contributed by atoms with Crippen LogP contribution in [0.1, 0.15) is 0 Å². The molecule has 0 heteroatoms. The molecule has 0 amide bonds. The molecule has 0 fully saturated rings. The Kier molecular flexibility index (Phi) is 26.4. The molecule has 36 heavy (non-hydrogen) atoms. The molecule has 0 heterocycles. The molecule has 0 nitrogen and oxygen atoms in total. The highest BCUT2D eigenvalue weighted by Gasteiger charge is 1.67. The average Bonchev–Trinajstić information content (AvgIpc) is 2.89. The van der Waals surface area contributed by atoms with Crippen molar-refractivity contribution in [1.82, 2.24) is 0 Å². The molecule has 0 unspecified atom stereocenters. The molecule has 0 saturated heterocycles. The van der Waals surface area contributed by atoms with Gasteiger partial charge < -0.3 is 0 Å². The molecule has 0 aliphatic heterocycles. The summed E-state index contributed by atoms with van der Waals surface area (Å²) in [5.41, 5.74) is 0. The lowest BCUT2D eigenvalue weighted by molar-refractivity contribution is 1.81. The van der Waals surface area contributed by atoms with E-state index in [4.69, 9.17) is 0 Å². The second kappa shape index (κ2) is 30.3. The minimum atomic E-state index is 1.75. The number of rotatable bonds is 17. The van der Waals surface area contributed by atoms with Gasteiger partial charge in [0.1, 0.15) is 0 Å². The third kappa shape index (κ3) is 29.3. The van der Waals surface area contributed by atoms with Gasteiger partial charge in [-0.2, -0.15) is 0 Å². The normalized spacial score (nSPS) is 14.8. The molecule has 0 atom stereocenters. The van der Waals surface area contributed by atoms with Crippen molar-refractivity contribution in [2.45, 2.75) is 0 Å². The van der Waals surface area contributed by atoms with E-state index in [0.29, 0.717) is 0 Å². The number of hydrogen-bond donors (Lipinski definition) is 0. The van der Waals surface area contributed by atoms with Gasteiger partial charge in [0.15, 0.2) is 0 Å². The molecule has 0 aromatic rings. The van der Waals surface area contributed by atoms with Crippen LogP contribution in [-0.2, 0) is 0 Å². The fourth-order valence-corrected chi connectivity index (χ4v) is 2.08. The van der Waals surface area contributed by atoms with E-state index in [0.717, 1.165) is 0 Å². The van der Waals surface area contributed by atoms with Crippen molar-refractivity contribution >= 4 is 0 Å². The lowest BCUT2D eigenvalue weighted by Crippen LogP contribution is -1.54. The third-order valence-electron chi connectivity index (χ3n) is 3.72. The zero-order chi connectivity index (χ0) is 26.0. The molecular weight excluding hydrogens is 432 g/mol. The van der Waals surface area contributed by atoms with Crippen molar-refractivity contribution in [3.05, 3.63) is 220 Å². The highest BCUT2D eigenvalue weighted by atomic mass is 13.7. The van der Waals surface area contributed by atoms with Crippen LogP contribution in [0, 0.1) is 0 Å². The predicted molar refractivity (Wildman–Crippen MR) is 167 cm³/mol. The van der Waals surface area contributed by atoms with Crippen molar-refractivity contribution in [2.24, 2.45) is 0 Å². The Labute approximate surface area is 219 Å². The van der Waals surface area contributed by atoms with Gasteiger partial charge in [-0.15, -0.1) is 0 Å². The molecular formula is C36H38. The Morgan fingerprint density at radius 1 is 0.139 bits per heavy atom. The molecule has 0 saturated carbocycles. The Balaban J connectivity index is 4.00. The number of hydrogen-bond acceptors (Lipinski definition) is 0. The average molecular weight is 471 g/mol. The van der Waals surface area contributed by atoms with Crippen molar-refractivity contribution in [2.75, 3.05) is 0 Å². The van der Waals surface area contributed by atoms with Crippen LogP contribution >= 0.6 is 0 Å². The molecule has 0 N–H and O–H groups in total. The van der Waals surface area contributed by atoms with Crippen LogP contribution in [-0.4, -0.2) is 0 Å². The summed E-state index contributed by atoms with van der Waals surface area (Å²) in [7, 11) is 0. The highest BCUT2D eigenvalue weighted by molar-refractivity contribution is 5.24. The van der Waals surface area contributed by atoms with E-state index in [1.807, 2.05) is 194 Å². The summed E-state index contributed by atoms with van der Waals surface area (Å²) < 4.78 is 0. The van der Waals surface area contributed by atoms with Gasteiger partial charge in [-0.05, 0) is 0 Å². The second-order valence-corrected chi connectivity index (χ2v) is 6.63. The van der Waals surface area contributed by atoms with Crippen LogP contribution < -0.4 is 0 Å². The predicted octanol–water partition coefficient (Wildman–Crippen LogP) is 10.3. The largest absolute Gasteiger partial charge is 0.0991 e. The summed E-state index contributed by atoms with van der Waals surface area (Å²) in [6, 6.07) is 0. The van der Waals surface area contributed by atoms with Crippen molar-refractivity contribution < 1.29 is 0 Å². The summed E-state index contributed by atoms with van der Waals surface area (Å²) >= 11 is 0. The first-order valence-electron chi connectivity index (χ1n) is 11.8. The molecule has 0 radical (unpaired) electrons. The molecule has 0 spiro atoms. The third-order valence-corrected chi connectivity index (χ3v) is 3.72. The van der Waals surface area contributed by atoms with Crippen LogP contribution in [0.3, 0.4) is 0 Å². The molecule has 0 aliphatic rings. The Hall–Kier alpha value is -4.68. The number of allylic oxidation sites excluding steroid dienone is 34. The van der Waals surface area contributed by atoms with Gasteiger partial charge in [0.05, 0.1) is 0 Å². The van der Waals surface area contributed by atoms with E-state index in [-0.39, 0.29) is 0 Å². The van der Waals surface area contributed by atoms with E-state index in [2.05, 4.69) is 13.2 Å². The van der Waals surface area contributed by atoms with Gasteiger partial charge in [-0.3, -0.25) is 0 Å². The van der Waals surface area contributed by atoms with E-state index in [9.17, 15) is 0 Å². The van der Waals surface area contributed by atoms with E-state index < -0.39 is 0 Å². The first kappa shape index (κ1) is 31.3. The maximum absolute atomic E-state index is 3.62. The Morgan fingerprint density at radius 2 is 0.222 bits per heavy atom. The summed E-state index contributed by atoms with van der Waals surface area (Å²) in [4.78, 5) is 0. The first-order valence-corrected chi connectivity index (χ1v) is 11.8. The standard InChI is InChI=1S/C36H38/c1-3-5-7-9-11-13-15-17-19-21-23-25-27-29-31-33-35-36-34-32-30-28-26-24-22-20-18-16-14-12-10-8-6-4-2/h3-36H,1-2H2. The maximum Gasteiger partial charge on any atom is -0.0623 e. The van der Waals surface area contributed by atoms with Crippen molar-refractivity contribution in [3.63, 3.8) is 0 Å². The summed E-state index contributed by atoms with van der Waals surface area (Å²) in [6.45, 7) is 7.23. The van der Waals surface area contributed by atoms with Gasteiger partial charge in [-0.1, -0.05) is 220 Å². The van der Waals surface area contributed by atoms with E-state index >= 15 is 0 Å². The van der Waals surface area contributed by atoms with Crippen LogP contribution in [0.4, 0.5) is 0 Å². The van der Waals surface area contributed by atoms with Gasteiger partial charge in [-0.25, -0.2) is 0 Å². The highest BCUT2D eigenvalue weighted by Crippen LogP contribution is 1.88. The topological polar surface area (TPSA) is 0 Å². The fourth-order valence-electron chi connectivity index (χ4n) is 2.08. The zero-order valence-electron chi connectivity index (χ0n) is 21.0. The van der Waals surface area contributed by atoms with Crippen LogP contribution in [0.15, 0.2) is 220 Å². The molecule has 0 aliphatic carbocycles. The van der Waals surface area contributed by atoms with Crippen LogP contribution in [0.2, 0.25) is 0 Å². The van der Waals surface area contributed by atoms with Gasteiger partial charge in [0.2, 0.25) is 0 Å². The summed E-state index contributed by atoms with van der Waals surface area (Å²) in [6.07, 6.45) is 66.8. The minimum Gasteiger partial charge on any atom is -0.0991 e. The lowest BCUT2D eigenvalue weighted by atomic mass is 10.3. The molecule has 0 aromatic heterocycles. The summed E-state index contributed by atoms with van der Waals surface area (Å²) in [5.74, 6) is 0. The minimum absolute atomic E-state index is 1.75. The smallest absolute Gasteiger partial charge is 0.0623 e. The zero-order valence-corrected chi connectivity index (χ0v) is 21.0. The Bertz CT molecular complexity index is 951. The maximum atomic E-state index is 3.62. The molecule has 0 aromatic carbocycles. The first-order chi connectivity index (χ1) is 17.9. The fraction of sp³-hybridized carbons (Fsp3) is 0. The van der Waals surface area contributed by atoms with Gasteiger partial charge in [0, 0.05) is 0 Å². The monoisotopic (exact) mass is 470 g/mol. The second-order valence-electron chi connectivity index (χ2n) is 6.63. The Morgan fingerprint density at radius 3 is 0.306 bits per heavy atom. The van der Waals surface area contributed by atoms with Crippen LogP contribution in [0.25, 0.3) is 0 Å². The van der Waals surface area contributed by atoms with E-state index in [1.165, 1.54) is 0 Å². The summed E-state index contributed by atoms with van der Waals surface area (Å²) in [5, 5.41) is 0. The van der Waals surface area contributed by atoms with Gasteiger partial charge >= 0.3 is 0 Å². The lowest BCUT2D eigenvalue weighted by Gasteiger charge is -1.76. The molecule has 0 bridgehead atoms. The van der Waals surface area contributed by atoms with Crippen LogP contribution in [0.5, 0.6) is 0 Å². The SMILES string of the molecule is C=CC=CC=CC=CC=CC=CC=CC=CC=CC=CC=CC=CC=CC=CC=CC=CC=CC=C. The molecule has 182 valence electrons. The molecule has 0 rings (SSSR count). The van der Waals surface area contributed by atoms with E-state index in [1.54, 1.807) is 12.2 Å². The van der Waals surface area contributed by atoms with Crippen molar-refractivity contribution in [1.29, 1.82) is 0 Å². The van der Waals surface area contributed by atoms with Gasteiger partial charge in [0.25, 0.3) is 0 Å².